The van der Waals surface area contributed by atoms with E-state index in [9.17, 15) is 9.59 Å². The number of ether oxygens (including phenoxy) is 2. The van der Waals surface area contributed by atoms with E-state index in [4.69, 9.17) is 15.2 Å². The van der Waals surface area contributed by atoms with E-state index in [-0.39, 0.29) is 5.69 Å². The highest BCUT2D eigenvalue weighted by Gasteiger charge is 2.28. The van der Waals surface area contributed by atoms with Crippen molar-refractivity contribution >= 4 is 23.3 Å². The third-order valence-electron chi connectivity index (χ3n) is 4.92. The van der Waals surface area contributed by atoms with Gasteiger partial charge in [-0.1, -0.05) is 12.1 Å². The van der Waals surface area contributed by atoms with Gasteiger partial charge in [0.1, 0.15) is 11.5 Å². The Hall–Kier alpha value is -3.79. The van der Waals surface area contributed by atoms with Crippen molar-refractivity contribution in [3.63, 3.8) is 0 Å². The first-order valence-corrected chi connectivity index (χ1v) is 9.59. The van der Waals surface area contributed by atoms with Crippen LogP contribution in [0.1, 0.15) is 29.4 Å². The van der Waals surface area contributed by atoms with Crippen LogP contribution in [0.5, 0.6) is 0 Å². The number of allylic oxidation sites excluding steroid dienone is 1. The minimum Gasteiger partial charge on any atom is -0.495 e. The summed E-state index contributed by atoms with van der Waals surface area (Å²) in [5.41, 5.74) is 7.62. The number of aromatic nitrogens is 2. The Morgan fingerprint density at radius 3 is 2.81 bits per heavy atom. The van der Waals surface area contributed by atoms with Gasteiger partial charge in [0, 0.05) is 25.8 Å². The highest BCUT2D eigenvalue weighted by molar-refractivity contribution is 5.96. The predicted octanol–water partition coefficient (Wildman–Crippen LogP) is 2.47. The number of H-pyrrole nitrogens is 1. The molecule has 164 valence electrons. The molecule has 0 saturated heterocycles. The third kappa shape index (κ3) is 5.43. The van der Waals surface area contributed by atoms with Gasteiger partial charge in [0.15, 0.2) is 0 Å². The molecular formula is C21H26N6O4. The third-order valence-corrected chi connectivity index (χ3v) is 4.92. The molecule has 1 unspecified atom stereocenters. The molecule has 0 bridgehead atoms. The number of primary amides is 1. The monoisotopic (exact) mass is 426 g/mol. The normalized spacial score (nSPS) is 17.9. The van der Waals surface area contributed by atoms with Crippen LogP contribution in [-0.4, -0.2) is 42.0 Å². The van der Waals surface area contributed by atoms with E-state index in [0.29, 0.717) is 35.8 Å². The fourth-order valence-electron chi connectivity index (χ4n) is 3.15. The van der Waals surface area contributed by atoms with Gasteiger partial charge in [-0.25, -0.2) is 4.79 Å². The first-order valence-electron chi connectivity index (χ1n) is 9.59. The molecule has 1 aromatic carbocycles. The van der Waals surface area contributed by atoms with Crippen LogP contribution in [0.3, 0.4) is 0 Å². The predicted molar refractivity (Wildman–Crippen MR) is 116 cm³/mol. The van der Waals surface area contributed by atoms with Crippen LogP contribution in [0.4, 0.5) is 16.2 Å². The van der Waals surface area contributed by atoms with Crippen molar-refractivity contribution in [3.8, 4) is 0 Å². The van der Waals surface area contributed by atoms with E-state index in [0.717, 1.165) is 5.56 Å². The second-order valence-corrected chi connectivity index (χ2v) is 7.23. The highest BCUT2D eigenvalue weighted by atomic mass is 16.5. The van der Waals surface area contributed by atoms with Gasteiger partial charge in [-0.2, -0.15) is 5.10 Å². The van der Waals surface area contributed by atoms with Crippen LogP contribution >= 0.6 is 0 Å². The number of carbonyl (C=O) groups excluding carboxylic acids is 2. The SMILES string of the molecule is COC1=C(NC(=O)Nc2cccc(CNc3cn[nH]c3C(N)=O)c2)CC(C)(OC)C=C1. The molecule has 6 N–H and O–H groups in total. The lowest BCUT2D eigenvalue weighted by Gasteiger charge is -2.30. The second-order valence-electron chi connectivity index (χ2n) is 7.23. The molecule has 31 heavy (non-hydrogen) atoms. The Balaban J connectivity index is 1.63. The number of aromatic amines is 1. The first kappa shape index (κ1) is 21.9. The number of nitrogens with zero attached hydrogens (tertiary/aromatic N) is 1. The standard InChI is InChI=1S/C21H26N6O4/c1-21(31-3)8-7-17(30-2)15(10-21)26-20(29)25-14-6-4-5-13(9-14)11-23-16-12-24-27-18(16)19(22)28/h4-9,12,23H,10-11H2,1-3H3,(H2,22,28)(H,24,27)(H2,25,26,29). The van der Waals surface area contributed by atoms with Gasteiger partial charge in [0.05, 0.1) is 30.3 Å². The minimum absolute atomic E-state index is 0.209. The van der Waals surface area contributed by atoms with Crippen LogP contribution in [-0.2, 0) is 16.0 Å². The number of hydrogen-bond acceptors (Lipinski definition) is 6. The summed E-state index contributed by atoms with van der Waals surface area (Å²) in [6.45, 7) is 2.34. The van der Waals surface area contributed by atoms with Gasteiger partial charge < -0.3 is 31.2 Å². The van der Waals surface area contributed by atoms with Crippen LogP contribution in [0.2, 0.25) is 0 Å². The van der Waals surface area contributed by atoms with Gasteiger partial charge >= 0.3 is 6.03 Å². The van der Waals surface area contributed by atoms with Gasteiger partial charge in [0.25, 0.3) is 5.91 Å². The Morgan fingerprint density at radius 1 is 1.29 bits per heavy atom. The Labute approximate surface area is 179 Å². The van der Waals surface area contributed by atoms with Crippen molar-refractivity contribution in [2.24, 2.45) is 5.73 Å². The summed E-state index contributed by atoms with van der Waals surface area (Å²) in [6.07, 6.45) is 5.64. The molecule has 3 rings (SSSR count). The zero-order valence-electron chi connectivity index (χ0n) is 17.6. The summed E-state index contributed by atoms with van der Waals surface area (Å²) >= 11 is 0. The molecule has 3 amide bonds. The number of amides is 3. The first-order chi connectivity index (χ1) is 14.8. The van der Waals surface area contributed by atoms with Gasteiger partial charge in [-0.3, -0.25) is 9.89 Å². The van der Waals surface area contributed by atoms with Crippen molar-refractivity contribution in [1.29, 1.82) is 0 Å². The maximum absolute atomic E-state index is 12.6. The quantitative estimate of drug-likeness (QED) is 0.439. The molecule has 1 atom stereocenters. The molecule has 10 heteroatoms. The number of methoxy groups -OCH3 is 2. The molecule has 0 aliphatic heterocycles. The molecule has 1 aliphatic rings. The summed E-state index contributed by atoms with van der Waals surface area (Å²) in [5, 5.41) is 15.1. The van der Waals surface area contributed by atoms with Crippen LogP contribution in [0.25, 0.3) is 0 Å². The van der Waals surface area contributed by atoms with Crippen molar-refractivity contribution < 1.29 is 19.1 Å². The largest absolute Gasteiger partial charge is 0.495 e. The number of carbonyl (C=O) groups is 2. The molecule has 1 heterocycles. The summed E-state index contributed by atoms with van der Waals surface area (Å²) in [6, 6.07) is 6.92. The molecule has 1 aromatic heterocycles. The lowest BCUT2D eigenvalue weighted by Crippen LogP contribution is -2.36. The van der Waals surface area contributed by atoms with E-state index >= 15 is 0 Å². The highest BCUT2D eigenvalue weighted by Crippen LogP contribution is 2.28. The topological polar surface area (TPSA) is 143 Å². The number of hydrogen-bond donors (Lipinski definition) is 5. The van der Waals surface area contributed by atoms with E-state index in [1.807, 2.05) is 31.2 Å². The van der Waals surface area contributed by atoms with Crippen molar-refractivity contribution in [2.45, 2.75) is 25.5 Å². The van der Waals surface area contributed by atoms with E-state index < -0.39 is 17.5 Å². The Morgan fingerprint density at radius 2 is 2.10 bits per heavy atom. The number of nitrogens with one attached hydrogen (secondary N) is 4. The maximum Gasteiger partial charge on any atom is 0.323 e. The van der Waals surface area contributed by atoms with Gasteiger partial charge in [-0.05, 0) is 36.8 Å². The minimum atomic E-state index is -0.598. The fourth-order valence-corrected chi connectivity index (χ4v) is 3.15. The molecule has 0 saturated carbocycles. The Bertz CT molecular complexity index is 1030. The van der Waals surface area contributed by atoms with E-state index in [2.05, 4.69) is 26.1 Å². The van der Waals surface area contributed by atoms with Gasteiger partial charge in [-0.15, -0.1) is 0 Å². The molecular weight excluding hydrogens is 400 g/mol. The van der Waals surface area contributed by atoms with Crippen molar-refractivity contribution in [1.82, 2.24) is 15.5 Å². The number of nitrogens with two attached hydrogens (primary N) is 1. The van der Waals surface area contributed by atoms with Crippen molar-refractivity contribution in [3.05, 3.63) is 65.3 Å². The molecule has 10 nitrogen and oxygen atoms in total. The zero-order valence-corrected chi connectivity index (χ0v) is 17.6. The number of anilines is 2. The number of benzene rings is 1. The lowest BCUT2D eigenvalue weighted by atomic mass is 9.94. The van der Waals surface area contributed by atoms with Crippen molar-refractivity contribution in [2.75, 3.05) is 24.9 Å². The van der Waals surface area contributed by atoms with E-state index in [1.165, 1.54) is 6.20 Å². The molecule has 0 spiro atoms. The zero-order chi connectivity index (χ0) is 22.4. The molecule has 2 aromatic rings. The lowest BCUT2D eigenvalue weighted by molar-refractivity contribution is 0.0445. The van der Waals surface area contributed by atoms with Crippen LogP contribution in [0.15, 0.2) is 54.1 Å². The number of rotatable bonds is 8. The summed E-state index contributed by atoms with van der Waals surface area (Å²) < 4.78 is 10.9. The fraction of sp³-hybridized carbons (Fsp3) is 0.286. The summed E-state index contributed by atoms with van der Waals surface area (Å²) in [4.78, 5) is 23.9. The average Bonchev–Trinajstić information content (AvgIpc) is 3.22. The molecule has 0 fully saturated rings. The molecule has 1 aliphatic carbocycles. The van der Waals surface area contributed by atoms with Crippen LogP contribution in [0, 0.1) is 0 Å². The van der Waals surface area contributed by atoms with E-state index in [1.54, 1.807) is 26.4 Å². The molecule has 0 radical (unpaired) electrons. The number of urea groups is 1. The van der Waals surface area contributed by atoms with Crippen LogP contribution < -0.4 is 21.7 Å². The van der Waals surface area contributed by atoms with Gasteiger partial charge in [0.2, 0.25) is 0 Å². The summed E-state index contributed by atoms with van der Waals surface area (Å²) in [5.74, 6) is -0.0213. The maximum atomic E-state index is 12.6. The average molecular weight is 426 g/mol. The second kappa shape index (κ2) is 9.35. The smallest absolute Gasteiger partial charge is 0.323 e. The summed E-state index contributed by atoms with van der Waals surface area (Å²) in [7, 11) is 3.17. The Kier molecular flexibility index (Phi) is 6.61.